The van der Waals surface area contributed by atoms with Crippen LogP contribution in [0.4, 0.5) is 18.4 Å². The molecule has 23 nitrogen and oxygen atoms in total. The topological polar surface area (TPSA) is 267 Å². The second-order valence-corrected chi connectivity index (χ2v) is 14.3. The van der Waals surface area contributed by atoms with Gasteiger partial charge >= 0.3 is 24.1 Å². The third-order valence-corrected chi connectivity index (χ3v) is 10.0. The summed E-state index contributed by atoms with van der Waals surface area (Å²) in [6.45, 7) is 5.22. The van der Waals surface area contributed by atoms with Gasteiger partial charge in [0.05, 0.1) is 31.5 Å². The molecule has 0 fully saturated rings. The monoisotopic (exact) mass is 938 g/mol. The van der Waals surface area contributed by atoms with E-state index >= 15 is 0 Å². The lowest BCUT2D eigenvalue weighted by Gasteiger charge is -2.16. The van der Waals surface area contributed by atoms with E-state index in [0.29, 0.717) is 19.2 Å². The lowest BCUT2D eigenvalue weighted by atomic mass is 10.2. The van der Waals surface area contributed by atoms with Crippen LogP contribution in [0.5, 0.6) is 12.0 Å². The Balaban J connectivity index is 0.000000264. The molecule has 0 bridgehead atoms. The maximum absolute atomic E-state index is 14.3. The highest BCUT2D eigenvalue weighted by Crippen LogP contribution is 2.22. The standard InChI is InChI=1S/C15H16FN5O6S2.C9H9FN2O4S.C7H11N3O3S.CH4/c1-3-24-14-17-21(15(28)20(14)2)13(22)19-27-29(23)11-9(5-4-6-10(11)16)12-18-26-8-7-25-12;10-7-3-1-2-6(8(7)17(11,13)14)9-12-16-5-4-15-9;1-4-13-5-8-10(7(11)12-3)6(14)9(5)2;/h4-6H,3,7-8H2,1-2H3,(H,19,22);1-3H,4-5H2,(H2,11,13,14);4H2,1-3H3;1H4. The Kier molecular flexibility index (Phi) is 18.4. The number of hydrogen-bond donors (Lipinski definition) is 2. The number of nitrogens with two attached hydrogens (primary N) is 1. The molecular weight excluding hydrogens is 899 g/mol. The number of oxime groups is 2. The van der Waals surface area contributed by atoms with Crippen molar-refractivity contribution < 1.29 is 68.6 Å². The molecule has 0 saturated heterocycles. The van der Waals surface area contributed by atoms with Gasteiger partial charge in [-0.3, -0.25) is 9.13 Å². The van der Waals surface area contributed by atoms with Gasteiger partial charge in [0, 0.05) is 14.1 Å². The van der Waals surface area contributed by atoms with E-state index in [1.165, 1.54) is 40.5 Å². The van der Waals surface area contributed by atoms with Crippen molar-refractivity contribution >= 4 is 69.5 Å². The van der Waals surface area contributed by atoms with Gasteiger partial charge in [-0.2, -0.15) is 9.76 Å². The van der Waals surface area contributed by atoms with Crippen LogP contribution in [-0.2, 0) is 63.4 Å². The summed E-state index contributed by atoms with van der Waals surface area (Å²) in [6, 6.07) is 7.02. The number of methoxy groups -OCH3 is 1. The fourth-order valence-corrected chi connectivity index (χ4v) is 6.51. The van der Waals surface area contributed by atoms with Crippen LogP contribution in [0.2, 0.25) is 0 Å². The average molecular weight is 939 g/mol. The molecule has 2 aromatic carbocycles. The lowest BCUT2D eigenvalue weighted by molar-refractivity contribution is 0.0653. The number of nitrogens with one attached hydrogen (secondary N) is 1. The number of hydrogen-bond acceptors (Lipinski definition) is 19. The minimum atomic E-state index is -4.20. The molecule has 334 valence electrons. The number of aromatic nitrogens is 6. The summed E-state index contributed by atoms with van der Waals surface area (Å²) in [6.07, 6.45) is -0.628. The van der Waals surface area contributed by atoms with Gasteiger partial charge in [0.1, 0.15) is 34.6 Å². The van der Waals surface area contributed by atoms with Crippen molar-refractivity contribution in [3.63, 3.8) is 0 Å². The molecule has 4 aromatic rings. The van der Waals surface area contributed by atoms with E-state index in [-0.39, 0.29) is 77.2 Å². The first kappa shape index (κ1) is 49.5. The lowest BCUT2D eigenvalue weighted by Crippen LogP contribution is -2.31. The molecule has 2 aromatic heterocycles. The molecule has 6 rings (SSSR count). The molecule has 1 unspecified atom stereocenters. The summed E-state index contributed by atoms with van der Waals surface area (Å²) in [5, 5.41) is 19.9. The van der Waals surface area contributed by atoms with E-state index in [0.717, 1.165) is 21.5 Å². The van der Waals surface area contributed by atoms with Gasteiger partial charge in [0.15, 0.2) is 13.2 Å². The molecule has 3 N–H and O–H groups in total. The summed E-state index contributed by atoms with van der Waals surface area (Å²) >= 11 is 7.60. The summed E-state index contributed by atoms with van der Waals surface area (Å²) < 4.78 is 97.9. The van der Waals surface area contributed by atoms with Crippen molar-refractivity contribution in [2.24, 2.45) is 29.5 Å². The van der Waals surface area contributed by atoms with E-state index in [1.807, 2.05) is 12.4 Å². The highest BCUT2D eigenvalue weighted by molar-refractivity contribution is 7.89. The van der Waals surface area contributed by atoms with Crippen LogP contribution in [0.3, 0.4) is 0 Å². The highest BCUT2D eigenvalue weighted by atomic mass is 32.2. The minimum absolute atomic E-state index is 0. The summed E-state index contributed by atoms with van der Waals surface area (Å²) in [7, 11) is 0.282. The Hall–Kier alpha value is -5.88. The van der Waals surface area contributed by atoms with Crippen molar-refractivity contribution in [3.8, 4) is 12.0 Å². The zero-order valence-corrected chi connectivity index (χ0v) is 35.3. The molecule has 0 aliphatic carbocycles. The van der Waals surface area contributed by atoms with Gasteiger partial charge in [-0.25, -0.2) is 36.1 Å². The second-order valence-electron chi connectivity index (χ2n) is 11.1. The summed E-state index contributed by atoms with van der Waals surface area (Å²) in [5.41, 5.74) is 1.94. The van der Waals surface area contributed by atoms with Crippen LogP contribution < -0.4 is 20.1 Å². The number of amides is 1. The van der Waals surface area contributed by atoms with Crippen molar-refractivity contribution in [3.05, 3.63) is 68.7 Å². The number of carbonyl (C=O) groups is 2. The number of rotatable bonds is 10. The molecule has 0 saturated carbocycles. The number of sulfonamides is 1. The van der Waals surface area contributed by atoms with Crippen LogP contribution in [-0.4, -0.2) is 112 Å². The number of ether oxygens (including phenoxy) is 5. The molecule has 29 heteroatoms. The Morgan fingerprint density at radius 1 is 0.852 bits per heavy atom. The number of halogens is 2. The first-order chi connectivity index (χ1) is 28.5. The predicted molar refractivity (Wildman–Crippen MR) is 213 cm³/mol. The maximum atomic E-state index is 14.3. The van der Waals surface area contributed by atoms with E-state index in [1.54, 1.807) is 21.0 Å². The minimum Gasteiger partial charge on any atom is -0.471 e. The third-order valence-electron chi connectivity index (χ3n) is 7.14. The summed E-state index contributed by atoms with van der Waals surface area (Å²) in [5.74, 6) is -1.95. The molecule has 61 heavy (non-hydrogen) atoms. The number of nitrogens with zero attached hydrogens (tertiary/aromatic N) is 8. The molecule has 0 radical (unpaired) electrons. The molecule has 1 amide bonds. The molecular formula is C32H40F2N10O13S4. The van der Waals surface area contributed by atoms with Gasteiger partial charge in [0.2, 0.25) is 30.6 Å². The number of hydroxylamine groups is 1. The smallest absolute Gasteiger partial charge is 0.437 e. The summed E-state index contributed by atoms with van der Waals surface area (Å²) in [4.78, 5) is 32.1. The van der Waals surface area contributed by atoms with Crippen molar-refractivity contribution in [1.29, 1.82) is 0 Å². The fraction of sp³-hybridized carbons (Fsp3) is 0.375. The normalized spacial score (nSPS) is 13.5. The van der Waals surface area contributed by atoms with Crippen molar-refractivity contribution in [2.45, 2.75) is 31.1 Å². The third kappa shape index (κ3) is 12.3. The van der Waals surface area contributed by atoms with E-state index in [4.69, 9.17) is 62.5 Å². The Labute approximate surface area is 359 Å². The average Bonchev–Trinajstić information content (AvgIpc) is 3.68. The van der Waals surface area contributed by atoms with Crippen LogP contribution >= 0.6 is 24.4 Å². The molecule has 4 heterocycles. The zero-order valence-electron chi connectivity index (χ0n) is 32.1. The first-order valence-electron chi connectivity index (χ1n) is 16.9. The molecule has 2 aliphatic rings. The van der Waals surface area contributed by atoms with E-state index in [2.05, 4.69) is 25.2 Å². The number of benzene rings is 2. The largest absolute Gasteiger partial charge is 0.471 e. The Morgan fingerprint density at radius 3 is 1.84 bits per heavy atom. The predicted octanol–water partition coefficient (Wildman–Crippen LogP) is 3.19. The van der Waals surface area contributed by atoms with Gasteiger partial charge in [0.25, 0.3) is 11.8 Å². The van der Waals surface area contributed by atoms with Gasteiger partial charge in [-0.1, -0.05) is 19.6 Å². The maximum Gasteiger partial charge on any atom is 0.437 e. The van der Waals surface area contributed by atoms with E-state index < -0.39 is 49.8 Å². The quantitative estimate of drug-likeness (QED) is 0.171. The fourth-order valence-electron chi connectivity index (χ4n) is 4.52. The zero-order chi connectivity index (χ0) is 44.1. The Morgan fingerprint density at radius 2 is 1.34 bits per heavy atom. The van der Waals surface area contributed by atoms with Crippen molar-refractivity contribution in [2.75, 3.05) is 46.8 Å². The first-order valence-corrected chi connectivity index (χ1v) is 20.3. The van der Waals surface area contributed by atoms with E-state index in [9.17, 15) is 31.0 Å². The van der Waals surface area contributed by atoms with Crippen molar-refractivity contribution in [1.82, 2.24) is 34.2 Å². The van der Waals surface area contributed by atoms with Gasteiger partial charge < -0.3 is 33.4 Å². The van der Waals surface area contributed by atoms with Crippen LogP contribution in [0.1, 0.15) is 32.4 Å². The Bertz CT molecular complexity index is 2520. The SMILES string of the molecule is C.CCOc1nn(C(=O)NOS(=O)c2c(F)cccc2C2=NOCCO2)c(=S)n1C.CCOc1nn(C(=O)OC)c(=S)n1C.NS(=O)(=O)c1c(F)cccc1C1=NOCCO1. The second kappa shape index (κ2) is 22.6. The molecule has 2 aliphatic heterocycles. The molecule has 0 spiro atoms. The number of carbonyl (C=O) groups excluding carboxylic acids is 2. The van der Waals surface area contributed by atoms with Gasteiger partial charge in [-0.05, 0) is 72.9 Å². The highest BCUT2D eigenvalue weighted by Gasteiger charge is 2.26. The number of primary sulfonamides is 1. The van der Waals surface area contributed by atoms with Crippen LogP contribution in [0, 0.1) is 21.2 Å². The van der Waals surface area contributed by atoms with Crippen LogP contribution in [0.15, 0.2) is 56.5 Å². The van der Waals surface area contributed by atoms with Crippen LogP contribution in [0.25, 0.3) is 0 Å². The molecule has 1 atom stereocenters. The van der Waals surface area contributed by atoms with Gasteiger partial charge in [-0.15, -0.1) is 19.6 Å².